The lowest BCUT2D eigenvalue weighted by atomic mass is 9.99. The lowest BCUT2D eigenvalue weighted by Gasteiger charge is -2.33. The van der Waals surface area contributed by atoms with Crippen LogP contribution < -0.4 is 4.90 Å². The van der Waals surface area contributed by atoms with Gasteiger partial charge in [0.2, 0.25) is 9.84 Å². The van der Waals surface area contributed by atoms with Crippen LogP contribution in [0, 0.1) is 0 Å². The van der Waals surface area contributed by atoms with Gasteiger partial charge in [-0.1, -0.05) is 0 Å². The van der Waals surface area contributed by atoms with Crippen molar-refractivity contribution in [2.75, 3.05) is 11.4 Å². The van der Waals surface area contributed by atoms with Gasteiger partial charge in [0, 0.05) is 12.2 Å². The highest BCUT2D eigenvalue weighted by molar-refractivity contribution is 7.91. The van der Waals surface area contributed by atoms with Gasteiger partial charge < -0.3 is 10.0 Å². The Morgan fingerprint density at radius 1 is 1.33 bits per heavy atom. The Bertz CT molecular complexity index is 645. The molecule has 1 saturated heterocycles. The van der Waals surface area contributed by atoms with Crippen molar-refractivity contribution in [1.82, 2.24) is 0 Å². The number of hydrogen-bond acceptors (Lipinski definition) is 4. The van der Waals surface area contributed by atoms with Crippen molar-refractivity contribution in [3.63, 3.8) is 0 Å². The van der Waals surface area contributed by atoms with Crippen molar-refractivity contribution >= 4 is 21.5 Å². The fraction of sp³-hybridized carbons (Fsp3) is 0.462. The Balaban J connectivity index is 2.34. The van der Waals surface area contributed by atoms with Crippen molar-refractivity contribution < 1.29 is 27.1 Å². The molecule has 0 spiro atoms. The summed E-state index contributed by atoms with van der Waals surface area (Å²) in [6, 6.07) is 4.89. The van der Waals surface area contributed by atoms with Gasteiger partial charge in [-0.05, 0) is 44.0 Å². The van der Waals surface area contributed by atoms with E-state index in [-0.39, 0.29) is 0 Å². The summed E-state index contributed by atoms with van der Waals surface area (Å²) < 4.78 is 47.6. The zero-order valence-corrected chi connectivity index (χ0v) is 12.1. The van der Waals surface area contributed by atoms with Crippen molar-refractivity contribution in [2.45, 2.75) is 36.0 Å². The quantitative estimate of drug-likeness (QED) is 0.920. The minimum atomic E-state index is -4.63. The summed E-state index contributed by atoms with van der Waals surface area (Å²) in [6.45, 7) is 2.11. The summed E-state index contributed by atoms with van der Waals surface area (Å²) >= 11 is 0. The average molecular weight is 319 g/mol. The van der Waals surface area contributed by atoms with Crippen LogP contribution in [0.15, 0.2) is 29.2 Å². The summed E-state index contributed by atoms with van der Waals surface area (Å²) in [5.74, 6) is -4.44. The Kier molecular flexibility index (Phi) is 3.92. The van der Waals surface area contributed by atoms with E-state index in [1.165, 1.54) is 12.1 Å². The second-order valence-electron chi connectivity index (χ2n) is 5.13. The first-order chi connectivity index (χ1) is 9.69. The molecule has 0 aromatic heterocycles. The number of carboxylic acids is 1. The molecule has 2 rings (SSSR count). The maximum absolute atomic E-state index is 12.5. The van der Waals surface area contributed by atoms with Crippen LogP contribution in [0.4, 0.5) is 14.5 Å². The highest BCUT2D eigenvalue weighted by Crippen LogP contribution is 2.34. The van der Waals surface area contributed by atoms with Crippen molar-refractivity contribution in [3.8, 4) is 0 Å². The molecule has 1 atom stereocenters. The predicted molar refractivity (Wildman–Crippen MR) is 72.3 cm³/mol. The molecular weight excluding hydrogens is 304 g/mol. The fourth-order valence-electron chi connectivity index (χ4n) is 2.52. The molecule has 1 heterocycles. The van der Waals surface area contributed by atoms with E-state index in [0.717, 1.165) is 12.1 Å². The Morgan fingerprint density at radius 3 is 2.38 bits per heavy atom. The van der Waals surface area contributed by atoms with E-state index < -0.39 is 32.0 Å². The van der Waals surface area contributed by atoms with Crippen LogP contribution in [0.3, 0.4) is 0 Å². The number of nitrogens with zero attached hydrogens (tertiary/aromatic N) is 1. The van der Waals surface area contributed by atoms with E-state index in [1.54, 1.807) is 11.8 Å². The monoisotopic (exact) mass is 319 g/mol. The molecule has 1 aliphatic rings. The normalized spacial score (nSPS) is 22.8. The van der Waals surface area contributed by atoms with Gasteiger partial charge in [-0.25, -0.2) is 13.2 Å². The number of halogens is 2. The summed E-state index contributed by atoms with van der Waals surface area (Å²) in [7, 11) is -4.63. The Labute approximate surface area is 121 Å². The van der Waals surface area contributed by atoms with Gasteiger partial charge >= 0.3 is 11.7 Å². The minimum Gasteiger partial charge on any atom is -0.480 e. The van der Waals surface area contributed by atoms with Crippen molar-refractivity contribution in [1.29, 1.82) is 0 Å². The highest BCUT2D eigenvalue weighted by atomic mass is 32.2. The van der Waals surface area contributed by atoms with Crippen molar-refractivity contribution in [2.24, 2.45) is 0 Å². The van der Waals surface area contributed by atoms with E-state index in [0.29, 0.717) is 25.1 Å². The summed E-state index contributed by atoms with van der Waals surface area (Å²) in [6.07, 6.45) is 1.17. The molecule has 8 heteroatoms. The molecule has 0 saturated carbocycles. The number of carboxylic acid groups (broad SMARTS) is 1. The van der Waals surface area contributed by atoms with E-state index in [1.807, 2.05) is 0 Å². The zero-order valence-electron chi connectivity index (χ0n) is 11.3. The van der Waals surface area contributed by atoms with Gasteiger partial charge in [-0.2, -0.15) is 8.78 Å². The standard InChI is InChI=1S/C13H15F2NO4S/c1-13(11(17)18)7-2-8-16(13)9-3-5-10(6-4-9)21(19,20)12(14)15/h3-6,12H,2,7-8H2,1H3,(H,17,18). The molecular formula is C13H15F2NO4S. The fourth-order valence-corrected chi connectivity index (χ4v) is 3.24. The van der Waals surface area contributed by atoms with E-state index >= 15 is 0 Å². The van der Waals surface area contributed by atoms with Crippen LogP contribution in [0.2, 0.25) is 0 Å². The number of carbonyl (C=O) groups is 1. The molecule has 0 aliphatic carbocycles. The number of rotatable bonds is 4. The van der Waals surface area contributed by atoms with E-state index in [9.17, 15) is 27.1 Å². The number of alkyl halides is 2. The van der Waals surface area contributed by atoms with Crippen LogP contribution >= 0.6 is 0 Å². The third-order valence-corrected chi connectivity index (χ3v) is 5.21. The first-order valence-electron chi connectivity index (χ1n) is 6.33. The zero-order chi connectivity index (χ0) is 15.8. The largest absolute Gasteiger partial charge is 0.480 e. The van der Waals surface area contributed by atoms with Crippen LogP contribution in [0.1, 0.15) is 19.8 Å². The topological polar surface area (TPSA) is 74.7 Å². The number of aliphatic carboxylic acids is 1. The molecule has 1 unspecified atom stereocenters. The smallest absolute Gasteiger partial charge is 0.341 e. The van der Waals surface area contributed by atoms with Crippen molar-refractivity contribution in [3.05, 3.63) is 24.3 Å². The van der Waals surface area contributed by atoms with E-state index in [4.69, 9.17) is 0 Å². The van der Waals surface area contributed by atoms with Gasteiger partial charge in [0.25, 0.3) is 0 Å². The molecule has 0 bridgehead atoms. The van der Waals surface area contributed by atoms with Gasteiger partial charge in [0.15, 0.2) is 0 Å². The molecule has 1 fully saturated rings. The summed E-state index contributed by atoms with van der Waals surface area (Å²) in [4.78, 5) is 12.6. The van der Waals surface area contributed by atoms with Gasteiger partial charge in [0.1, 0.15) is 5.54 Å². The molecule has 1 aliphatic heterocycles. The van der Waals surface area contributed by atoms with Crippen LogP contribution in [-0.2, 0) is 14.6 Å². The minimum absolute atomic E-state index is 0.472. The third kappa shape index (κ3) is 2.59. The first-order valence-corrected chi connectivity index (χ1v) is 7.87. The lowest BCUT2D eigenvalue weighted by molar-refractivity contribution is -0.142. The third-order valence-electron chi connectivity index (χ3n) is 3.81. The molecule has 5 nitrogen and oxygen atoms in total. The molecule has 0 radical (unpaired) electrons. The number of benzene rings is 1. The number of hydrogen-bond donors (Lipinski definition) is 1. The van der Waals surface area contributed by atoms with Gasteiger partial charge in [-0.15, -0.1) is 0 Å². The average Bonchev–Trinajstić information content (AvgIpc) is 2.82. The molecule has 1 N–H and O–H groups in total. The van der Waals surface area contributed by atoms with E-state index in [2.05, 4.69) is 0 Å². The maximum atomic E-state index is 12.5. The predicted octanol–water partition coefficient (Wildman–Crippen LogP) is 2.13. The van der Waals surface area contributed by atoms with Crippen LogP contribution in [0.25, 0.3) is 0 Å². The molecule has 21 heavy (non-hydrogen) atoms. The first kappa shape index (κ1) is 15.7. The molecule has 1 aromatic carbocycles. The Morgan fingerprint density at radius 2 is 1.90 bits per heavy atom. The highest BCUT2D eigenvalue weighted by Gasteiger charge is 2.43. The molecule has 0 amide bonds. The van der Waals surface area contributed by atoms with Crippen LogP contribution in [0.5, 0.6) is 0 Å². The van der Waals surface area contributed by atoms with Crippen LogP contribution in [-0.4, -0.2) is 37.3 Å². The molecule has 1 aromatic rings. The maximum Gasteiger partial charge on any atom is 0.341 e. The van der Waals surface area contributed by atoms with Gasteiger partial charge in [0.05, 0.1) is 4.90 Å². The molecule has 116 valence electrons. The second kappa shape index (κ2) is 5.25. The lowest BCUT2D eigenvalue weighted by Crippen LogP contribution is -2.48. The second-order valence-corrected chi connectivity index (χ2v) is 7.05. The van der Waals surface area contributed by atoms with Gasteiger partial charge in [-0.3, -0.25) is 0 Å². The SMILES string of the molecule is CC1(C(=O)O)CCCN1c1ccc(S(=O)(=O)C(F)F)cc1. The number of sulfone groups is 1. The Hall–Kier alpha value is -1.70. The summed E-state index contributed by atoms with van der Waals surface area (Å²) in [5, 5.41) is 9.32. The number of anilines is 1. The summed E-state index contributed by atoms with van der Waals surface area (Å²) in [5.41, 5.74) is -0.561.